The SMILES string of the molecule is CN(CC1CCCCC1)/N=c1\c(C=O)cn(CCCC(F)(F)F)c2ccccc12. The molecule has 0 saturated heterocycles. The number of pyridine rings is 1. The highest BCUT2D eigenvalue weighted by molar-refractivity contribution is 5.85. The molecule has 0 unspecified atom stereocenters. The van der Waals surface area contributed by atoms with Crippen molar-refractivity contribution >= 4 is 17.2 Å². The summed E-state index contributed by atoms with van der Waals surface area (Å²) in [5.74, 6) is 0.611. The molecule has 0 aliphatic heterocycles. The van der Waals surface area contributed by atoms with Crippen LogP contribution in [-0.4, -0.2) is 35.6 Å². The molecular formula is C22H28F3N3O. The molecular weight excluding hydrogens is 379 g/mol. The number of carbonyl (C=O) groups is 1. The van der Waals surface area contributed by atoms with Crippen LogP contribution >= 0.6 is 0 Å². The first-order valence-electron chi connectivity index (χ1n) is 10.3. The van der Waals surface area contributed by atoms with Crippen LogP contribution in [0.4, 0.5) is 13.2 Å². The third-order valence-corrected chi connectivity index (χ3v) is 5.54. The van der Waals surface area contributed by atoms with Crippen molar-refractivity contribution < 1.29 is 18.0 Å². The van der Waals surface area contributed by atoms with Gasteiger partial charge < -0.3 is 4.57 Å². The molecule has 1 fully saturated rings. The molecule has 0 radical (unpaired) electrons. The van der Waals surface area contributed by atoms with Crippen molar-refractivity contribution in [3.63, 3.8) is 0 Å². The Bertz CT molecular complexity index is 898. The van der Waals surface area contributed by atoms with Crippen LogP contribution in [-0.2, 0) is 6.54 Å². The van der Waals surface area contributed by atoms with Crippen LogP contribution in [0, 0.1) is 5.92 Å². The third-order valence-electron chi connectivity index (χ3n) is 5.54. The maximum atomic E-state index is 12.5. The Morgan fingerprint density at radius 1 is 1.21 bits per heavy atom. The molecule has 1 aliphatic rings. The summed E-state index contributed by atoms with van der Waals surface area (Å²) in [4.78, 5) is 11.8. The Morgan fingerprint density at radius 2 is 1.93 bits per heavy atom. The fraction of sp³-hybridized carbons (Fsp3) is 0.545. The minimum Gasteiger partial charge on any atom is -0.347 e. The largest absolute Gasteiger partial charge is 0.389 e. The van der Waals surface area contributed by atoms with Crippen LogP contribution in [0.25, 0.3) is 10.9 Å². The number of rotatable bonds is 7. The lowest BCUT2D eigenvalue weighted by Crippen LogP contribution is -2.27. The van der Waals surface area contributed by atoms with Gasteiger partial charge in [0.25, 0.3) is 0 Å². The Labute approximate surface area is 169 Å². The molecule has 7 heteroatoms. The first-order valence-corrected chi connectivity index (χ1v) is 10.3. The number of aromatic nitrogens is 1. The van der Waals surface area contributed by atoms with Gasteiger partial charge >= 0.3 is 6.18 Å². The Kier molecular flexibility index (Phi) is 6.98. The fourth-order valence-corrected chi connectivity index (χ4v) is 4.17. The summed E-state index contributed by atoms with van der Waals surface area (Å²) in [6, 6.07) is 7.43. The number of halogens is 3. The average molecular weight is 407 g/mol. The van der Waals surface area contributed by atoms with Crippen molar-refractivity contribution in [3.8, 4) is 0 Å². The summed E-state index contributed by atoms with van der Waals surface area (Å²) in [6.45, 7) is 1.03. The lowest BCUT2D eigenvalue weighted by Gasteiger charge is -2.25. The van der Waals surface area contributed by atoms with E-state index < -0.39 is 12.6 Å². The van der Waals surface area contributed by atoms with Crippen molar-refractivity contribution in [1.82, 2.24) is 9.58 Å². The number of nitrogens with zero attached hydrogens (tertiary/aromatic N) is 3. The number of para-hydroxylation sites is 1. The molecule has 4 nitrogen and oxygen atoms in total. The molecule has 1 saturated carbocycles. The van der Waals surface area contributed by atoms with E-state index in [-0.39, 0.29) is 13.0 Å². The van der Waals surface area contributed by atoms with Gasteiger partial charge in [-0.3, -0.25) is 9.80 Å². The summed E-state index contributed by atoms with van der Waals surface area (Å²) >= 11 is 0. The number of aryl methyl sites for hydroxylation is 1. The molecule has 0 spiro atoms. The van der Waals surface area contributed by atoms with Crippen LogP contribution < -0.4 is 5.36 Å². The van der Waals surface area contributed by atoms with Crippen LogP contribution in [0.1, 0.15) is 55.3 Å². The van der Waals surface area contributed by atoms with E-state index in [0.717, 1.165) is 23.7 Å². The standard InChI is InChI=1S/C22H28F3N3O/c1-27(14-17-8-3-2-4-9-17)26-21-18(16-29)15-28(13-7-12-22(23,24)25)20-11-6-5-10-19(20)21/h5-6,10-11,15-17H,2-4,7-9,12-14H2,1H3/b26-21+. The van der Waals surface area contributed by atoms with Crippen molar-refractivity contribution in [3.05, 3.63) is 41.4 Å². The summed E-state index contributed by atoms with van der Waals surface area (Å²) in [5.41, 5.74) is 1.18. The van der Waals surface area contributed by atoms with E-state index in [1.807, 2.05) is 36.3 Å². The highest BCUT2D eigenvalue weighted by Crippen LogP contribution is 2.24. The van der Waals surface area contributed by atoms with Gasteiger partial charge in [-0.05, 0) is 31.2 Å². The number of hydrogen-bond acceptors (Lipinski definition) is 3. The zero-order chi connectivity index (χ0) is 20.9. The maximum Gasteiger partial charge on any atom is 0.389 e. The van der Waals surface area contributed by atoms with Crippen LogP contribution in [0.2, 0.25) is 0 Å². The van der Waals surface area contributed by atoms with Crippen molar-refractivity contribution in [2.24, 2.45) is 11.0 Å². The second-order valence-electron chi connectivity index (χ2n) is 7.92. The quantitative estimate of drug-likeness (QED) is 0.472. The van der Waals surface area contributed by atoms with Crippen LogP contribution in [0.15, 0.2) is 35.6 Å². The average Bonchev–Trinajstić information content (AvgIpc) is 2.69. The van der Waals surface area contributed by atoms with E-state index in [1.54, 1.807) is 10.8 Å². The molecule has 29 heavy (non-hydrogen) atoms. The predicted molar refractivity (Wildman–Crippen MR) is 107 cm³/mol. The molecule has 0 N–H and O–H groups in total. The lowest BCUT2D eigenvalue weighted by molar-refractivity contribution is -0.135. The number of aldehydes is 1. The first kappa shape index (κ1) is 21.4. The van der Waals surface area contributed by atoms with Crippen molar-refractivity contribution in [2.45, 2.75) is 57.7 Å². The second kappa shape index (κ2) is 9.46. The monoisotopic (exact) mass is 407 g/mol. The number of hydrogen-bond donors (Lipinski definition) is 0. The highest BCUT2D eigenvalue weighted by atomic mass is 19.4. The van der Waals surface area contributed by atoms with Crippen molar-refractivity contribution in [2.75, 3.05) is 13.6 Å². The van der Waals surface area contributed by atoms with Crippen LogP contribution in [0.3, 0.4) is 0 Å². The molecule has 0 amide bonds. The zero-order valence-corrected chi connectivity index (χ0v) is 16.8. The van der Waals surface area contributed by atoms with Crippen molar-refractivity contribution in [1.29, 1.82) is 0 Å². The molecule has 0 bridgehead atoms. The van der Waals surface area contributed by atoms with Gasteiger partial charge in [-0.1, -0.05) is 37.5 Å². The topological polar surface area (TPSA) is 37.6 Å². The summed E-state index contributed by atoms with van der Waals surface area (Å²) < 4.78 is 39.3. The van der Waals surface area contributed by atoms with Gasteiger partial charge in [-0.15, -0.1) is 0 Å². The molecule has 3 rings (SSSR count). The molecule has 1 aromatic heterocycles. The van der Waals surface area contributed by atoms with Gasteiger partial charge in [0.05, 0.1) is 11.1 Å². The number of fused-ring (bicyclic) bond motifs is 1. The van der Waals surface area contributed by atoms with E-state index in [9.17, 15) is 18.0 Å². The van der Waals surface area contributed by atoms with E-state index in [2.05, 4.69) is 0 Å². The minimum absolute atomic E-state index is 0.0332. The van der Waals surface area contributed by atoms with Gasteiger partial charge in [0.15, 0.2) is 6.29 Å². The predicted octanol–water partition coefficient (Wildman–Crippen LogP) is 5.12. The highest BCUT2D eigenvalue weighted by Gasteiger charge is 2.26. The summed E-state index contributed by atoms with van der Waals surface area (Å²) in [6.07, 6.45) is 3.51. The minimum atomic E-state index is -4.18. The molecule has 1 heterocycles. The molecule has 2 aromatic rings. The Morgan fingerprint density at radius 3 is 2.62 bits per heavy atom. The normalized spacial score (nSPS) is 16.3. The summed E-state index contributed by atoms with van der Waals surface area (Å²) in [7, 11) is 1.92. The van der Waals surface area contributed by atoms with Gasteiger partial charge in [0.1, 0.15) is 5.36 Å². The van der Waals surface area contributed by atoms with E-state index in [0.29, 0.717) is 16.8 Å². The second-order valence-corrected chi connectivity index (χ2v) is 7.92. The summed E-state index contributed by atoms with van der Waals surface area (Å²) in [5, 5.41) is 7.98. The van der Waals surface area contributed by atoms with E-state index >= 15 is 0 Å². The van der Waals surface area contributed by atoms with Gasteiger partial charge in [-0.2, -0.15) is 18.3 Å². The Balaban J connectivity index is 1.92. The maximum absolute atomic E-state index is 12.5. The van der Waals surface area contributed by atoms with Gasteiger partial charge in [-0.25, -0.2) is 0 Å². The van der Waals surface area contributed by atoms with Gasteiger partial charge in [0.2, 0.25) is 0 Å². The smallest absolute Gasteiger partial charge is 0.347 e. The molecule has 1 aromatic carbocycles. The van der Waals surface area contributed by atoms with Gasteiger partial charge in [0, 0.05) is 38.1 Å². The molecule has 1 aliphatic carbocycles. The van der Waals surface area contributed by atoms with E-state index in [1.165, 1.54) is 32.1 Å². The zero-order valence-electron chi connectivity index (χ0n) is 16.8. The molecule has 158 valence electrons. The number of benzene rings is 1. The van der Waals surface area contributed by atoms with E-state index in [4.69, 9.17) is 5.10 Å². The number of alkyl halides is 3. The lowest BCUT2D eigenvalue weighted by atomic mass is 9.89. The third kappa shape index (κ3) is 5.84. The Hall–Kier alpha value is -2.31. The fourth-order valence-electron chi connectivity index (χ4n) is 4.17. The van der Waals surface area contributed by atoms with Crippen LogP contribution in [0.5, 0.6) is 0 Å². The number of carbonyl (C=O) groups excluding carboxylic acids is 1. The molecule has 0 atom stereocenters. The first-order chi connectivity index (χ1) is 13.9.